The van der Waals surface area contributed by atoms with Crippen LogP contribution in [0.5, 0.6) is 0 Å². The van der Waals surface area contributed by atoms with E-state index in [2.05, 4.69) is 13.0 Å². The highest BCUT2D eigenvalue weighted by Gasteiger charge is 2.37. The zero-order chi connectivity index (χ0) is 17.6. The van der Waals surface area contributed by atoms with E-state index in [0.717, 1.165) is 24.1 Å². The molecule has 0 aromatic heterocycles. The molecule has 0 aromatic carbocycles. The number of nitrogens with zero attached hydrogens (tertiary/aromatic N) is 1. The Balaban J connectivity index is 2.11. The second-order valence-electron chi connectivity index (χ2n) is 7.18. The van der Waals surface area contributed by atoms with Gasteiger partial charge in [-0.3, -0.25) is 0 Å². The average molecular weight is 339 g/mol. The summed E-state index contributed by atoms with van der Waals surface area (Å²) in [6.07, 6.45) is 9.59. The lowest BCUT2D eigenvalue weighted by molar-refractivity contribution is -0.0418. The van der Waals surface area contributed by atoms with Crippen LogP contribution in [0, 0.1) is 11.8 Å². The maximum Gasteiger partial charge on any atom is 0.248 e. The first-order chi connectivity index (χ1) is 11.4. The molecule has 2 nitrogen and oxygen atoms in total. The van der Waals surface area contributed by atoms with Crippen molar-refractivity contribution in [3.63, 3.8) is 0 Å². The lowest BCUT2D eigenvalue weighted by atomic mass is 9.81. The summed E-state index contributed by atoms with van der Waals surface area (Å²) in [5.74, 6) is -1.07. The van der Waals surface area contributed by atoms with Gasteiger partial charge in [0.15, 0.2) is 0 Å². The topological polar surface area (TPSA) is 21.6 Å². The third-order valence-electron chi connectivity index (χ3n) is 4.87. The normalized spacial score (nSPS) is 23.5. The minimum atomic E-state index is -2.50. The van der Waals surface area contributed by atoms with Crippen molar-refractivity contribution in [2.24, 2.45) is 16.8 Å². The van der Waals surface area contributed by atoms with Crippen molar-refractivity contribution in [3.8, 4) is 0 Å². The van der Waals surface area contributed by atoms with E-state index in [1.165, 1.54) is 12.8 Å². The van der Waals surface area contributed by atoms with E-state index in [-0.39, 0.29) is 18.8 Å². The highest BCUT2D eigenvalue weighted by molar-refractivity contribution is 5.94. The number of aliphatic imine (C=N–C) groups is 1. The Hall–Kier alpha value is -1.19. The van der Waals surface area contributed by atoms with Crippen molar-refractivity contribution >= 4 is 5.90 Å². The van der Waals surface area contributed by atoms with E-state index in [1.54, 1.807) is 0 Å². The molecule has 0 N–H and O–H groups in total. The summed E-state index contributed by atoms with van der Waals surface area (Å²) in [6, 6.07) is 0. The number of ether oxygens (including phenoxy) is 1. The summed E-state index contributed by atoms with van der Waals surface area (Å²) in [4.78, 5) is 4.70. The number of rotatable bonds is 7. The Morgan fingerprint density at radius 2 is 1.88 bits per heavy atom. The largest absolute Gasteiger partial charge is 0.477 e. The fourth-order valence-electron chi connectivity index (χ4n) is 3.11. The zero-order valence-corrected chi connectivity index (χ0v) is 15.3. The van der Waals surface area contributed by atoms with Crippen molar-refractivity contribution in [2.45, 2.75) is 78.1 Å². The molecule has 0 bridgehead atoms. The Morgan fingerprint density at radius 1 is 1.21 bits per heavy atom. The summed E-state index contributed by atoms with van der Waals surface area (Å²) >= 11 is 0. The van der Waals surface area contributed by atoms with Crippen molar-refractivity contribution < 1.29 is 13.5 Å². The van der Waals surface area contributed by atoms with Crippen LogP contribution in [0.1, 0.15) is 72.1 Å². The van der Waals surface area contributed by atoms with Gasteiger partial charge < -0.3 is 4.74 Å². The molecule has 2 aliphatic rings. The molecule has 2 aliphatic carbocycles. The second kappa shape index (κ2) is 8.77. The Labute approximate surface area is 145 Å². The number of unbranched alkanes of at least 4 members (excludes halogenated alkanes) is 1. The molecule has 0 amide bonds. The fraction of sp³-hybridized carbons (Fsp3) is 0.750. The molecule has 0 atom stereocenters. The van der Waals surface area contributed by atoms with Gasteiger partial charge in [0.2, 0.25) is 11.8 Å². The summed E-state index contributed by atoms with van der Waals surface area (Å²) in [5, 5.41) is 0. The fourth-order valence-corrected chi connectivity index (χ4v) is 3.11. The predicted octanol–water partition coefficient (Wildman–Crippen LogP) is 6.29. The first kappa shape index (κ1) is 19.1. The molecular formula is C20H31F2NO. The van der Waals surface area contributed by atoms with Crippen LogP contribution in [0.15, 0.2) is 28.4 Å². The Kier molecular flexibility index (Phi) is 7.00. The van der Waals surface area contributed by atoms with E-state index in [1.807, 2.05) is 19.9 Å². The highest BCUT2D eigenvalue weighted by atomic mass is 19.3. The maximum absolute atomic E-state index is 13.5. The van der Waals surface area contributed by atoms with Gasteiger partial charge in [-0.1, -0.05) is 25.5 Å². The molecule has 2 rings (SSSR count). The number of hydrogen-bond acceptors (Lipinski definition) is 2. The van der Waals surface area contributed by atoms with Crippen LogP contribution < -0.4 is 0 Å². The van der Waals surface area contributed by atoms with E-state index in [0.29, 0.717) is 31.3 Å². The molecular weight excluding hydrogens is 308 g/mol. The Morgan fingerprint density at radius 3 is 2.42 bits per heavy atom. The van der Waals surface area contributed by atoms with Crippen LogP contribution in [0.2, 0.25) is 0 Å². The molecule has 0 aromatic rings. The van der Waals surface area contributed by atoms with E-state index in [9.17, 15) is 8.78 Å². The molecule has 0 aliphatic heterocycles. The van der Waals surface area contributed by atoms with Gasteiger partial charge in [0.25, 0.3) is 0 Å². The number of halogens is 2. The van der Waals surface area contributed by atoms with Crippen molar-refractivity contribution in [1.82, 2.24) is 0 Å². The van der Waals surface area contributed by atoms with Gasteiger partial charge in [-0.05, 0) is 57.8 Å². The van der Waals surface area contributed by atoms with Gasteiger partial charge in [-0.2, -0.15) is 0 Å². The van der Waals surface area contributed by atoms with Crippen LogP contribution in [0.25, 0.3) is 0 Å². The van der Waals surface area contributed by atoms with Gasteiger partial charge >= 0.3 is 0 Å². The summed E-state index contributed by atoms with van der Waals surface area (Å²) in [6.45, 7) is 6.78. The molecule has 0 unspecified atom stereocenters. The zero-order valence-electron chi connectivity index (χ0n) is 15.3. The average Bonchev–Trinajstić information content (AvgIpc) is 3.36. The molecule has 4 heteroatoms. The number of alkyl halides is 2. The highest BCUT2D eigenvalue weighted by Crippen LogP contribution is 2.40. The van der Waals surface area contributed by atoms with Gasteiger partial charge in [0.1, 0.15) is 0 Å². The maximum atomic E-state index is 13.5. The lowest BCUT2D eigenvalue weighted by Crippen LogP contribution is -2.28. The number of allylic oxidation sites excluding steroid dienone is 3. The third kappa shape index (κ3) is 6.03. The van der Waals surface area contributed by atoms with Gasteiger partial charge in [0, 0.05) is 24.1 Å². The Bertz CT molecular complexity index is 494. The molecule has 0 spiro atoms. The minimum Gasteiger partial charge on any atom is -0.477 e. The minimum absolute atomic E-state index is 0.0322. The van der Waals surface area contributed by atoms with Crippen molar-refractivity contribution in [2.75, 3.05) is 6.61 Å². The molecule has 136 valence electrons. The third-order valence-corrected chi connectivity index (χ3v) is 4.87. The van der Waals surface area contributed by atoms with Crippen molar-refractivity contribution in [3.05, 3.63) is 23.4 Å². The van der Waals surface area contributed by atoms with E-state index in [4.69, 9.17) is 9.73 Å². The predicted molar refractivity (Wildman–Crippen MR) is 95.4 cm³/mol. The molecule has 0 radical (unpaired) electrons. The summed E-state index contributed by atoms with van der Waals surface area (Å²) in [7, 11) is 0. The molecule has 2 saturated carbocycles. The van der Waals surface area contributed by atoms with Gasteiger partial charge in [-0.25, -0.2) is 13.8 Å². The molecule has 24 heavy (non-hydrogen) atoms. The van der Waals surface area contributed by atoms with Crippen LogP contribution in [-0.2, 0) is 4.74 Å². The molecule has 2 fully saturated rings. The van der Waals surface area contributed by atoms with Gasteiger partial charge in [0.05, 0.1) is 6.61 Å². The van der Waals surface area contributed by atoms with Crippen LogP contribution in [0.3, 0.4) is 0 Å². The summed E-state index contributed by atoms with van der Waals surface area (Å²) in [5.41, 5.74) is 1.96. The van der Waals surface area contributed by atoms with Crippen LogP contribution in [0.4, 0.5) is 8.78 Å². The summed E-state index contributed by atoms with van der Waals surface area (Å²) < 4.78 is 33.0. The monoisotopic (exact) mass is 339 g/mol. The first-order valence-electron chi connectivity index (χ1n) is 9.38. The quantitative estimate of drug-likeness (QED) is 0.395. The lowest BCUT2D eigenvalue weighted by Gasteiger charge is -2.30. The van der Waals surface area contributed by atoms with Gasteiger partial charge in [-0.15, -0.1) is 0 Å². The molecule has 0 heterocycles. The van der Waals surface area contributed by atoms with Crippen LogP contribution >= 0.6 is 0 Å². The van der Waals surface area contributed by atoms with Crippen molar-refractivity contribution in [1.29, 1.82) is 0 Å². The second-order valence-corrected chi connectivity index (χ2v) is 7.18. The smallest absolute Gasteiger partial charge is 0.248 e. The van der Waals surface area contributed by atoms with E-state index >= 15 is 0 Å². The SMILES string of the molecule is C\C=C(/C(=N/C(C)=C/CCC)OCC1CC1)C1CCC(F)(F)CC1. The standard InChI is InChI=1S/C20H31F2NO/c1-4-6-7-15(3)23-19(24-14-16-8-9-16)18(5-2)17-10-12-20(21,22)13-11-17/h5,7,16-17H,4,6,8-14H2,1-3H3/b15-7+,18-5-,23-19-. The number of hydrogen-bond donors (Lipinski definition) is 0. The first-order valence-corrected chi connectivity index (χ1v) is 9.38. The van der Waals surface area contributed by atoms with E-state index < -0.39 is 5.92 Å². The molecule has 0 saturated heterocycles. The van der Waals surface area contributed by atoms with Crippen LogP contribution in [-0.4, -0.2) is 18.4 Å².